The molecule has 2 aliphatic carbocycles. The predicted molar refractivity (Wildman–Crippen MR) is 115 cm³/mol. The molecule has 0 N–H and O–H groups in total. The van der Waals surface area contributed by atoms with E-state index in [2.05, 4.69) is 31.5 Å². The van der Waals surface area contributed by atoms with Gasteiger partial charge < -0.3 is 6.42 Å². The van der Waals surface area contributed by atoms with Crippen LogP contribution in [0, 0.1) is 12.5 Å². The molecule has 3 rings (SSSR count). The maximum Gasteiger partial charge on any atom is 2.00 e. The zero-order valence-electron chi connectivity index (χ0n) is 18.8. The van der Waals surface area contributed by atoms with E-state index < -0.39 is 0 Å². The average molecular weight is 386 g/mol. The van der Waals surface area contributed by atoms with Gasteiger partial charge in [-0.2, -0.15) is 42.7 Å². The Labute approximate surface area is 173 Å². The van der Waals surface area contributed by atoms with Crippen molar-refractivity contribution in [2.24, 2.45) is 0 Å². The second-order valence-electron chi connectivity index (χ2n) is 4.97. The minimum absolute atomic E-state index is 0. The van der Waals surface area contributed by atoms with Crippen molar-refractivity contribution in [3.8, 4) is 0 Å². The smallest absolute Gasteiger partial charge is 0.328 e. The van der Waals surface area contributed by atoms with Crippen molar-refractivity contribution in [1.82, 2.24) is 0 Å². The molecule has 1 unspecified atom stereocenters. The van der Waals surface area contributed by atoms with Crippen LogP contribution < -0.4 is 0 Å². The molecule has 1 radical (unpaired) electrons. The Balaban J connectivity index is -0.000000128. The fourth-order valence-electron chi connectivity index (χ4n) is 2.58. The minimum Gasteiger partial charge on any atom is -0.328 e. The van der Waals surface area contributed by atoms with Gasteiger partial charge in [0.05, 0.1) is 0 Å². The van der Waals surface area contributed by atoms with Crippen LogP contribution in [-0.4, -0.2) is 0 Å². The first-order valence-corrected chi connectivity index (χ1v) is 10.7. The summed E-state index contributed by atoms with van der Waals surface area (Å²) in [5, 5.41) is 0. The SMILES string of the molecule is CC.CC.CC.CC.CC1CCc2[c-]cccc21.[CH-]1CCCCC1.[V+2]. The van der Waals surface area contributed by atoms with Crippen LogP contribution in [0.1, 0.15) is 118 Å². The number of benzene rings is 1. The molecule has 1 atom stereocenters. The summed E-state index contributed by atoms with van der Waals surface area (Å²) in [6, 6.07) is 9.60. The summed E-state index contributed by atoms with van der Waals surface area (Å²) in [6.07, 6.45) is 12.0. The normalized spacial score (nSPS) is 15.8. The number of hydrogen-bond donors (Lipinski definition) is 0. The van der Waals surface area contributed by atoms with E-state index in [0.717, 1.165) is 5.92 Å². The minimum atomic E-state index is 0. The van der Waals surface area contributed by atoms with Gasteiger partial charge in [-0.25, -0.2) is 0 Å². The molecule has 0 spiro atoms. The van der Waals surface area contributed by atoms with Crippen molar-refractivity contribution in [3.05, 3.63) is 41.8 Å². The van der Waals surface area contributed by atoms with Crippen molar-refractivity contribution >= 4 is 0 Å². The molecule has 0 heterocycles. The number of hydrogen-bond acceptors (Lipinski definition) is 0. The molecule has 1 aromatic carbocycles. The third-order valence-corrected chi connectivity index (χ3v) is 3.65. The van der Waals surface area contributed by atoms with Gasteiger partial charge >= 0.3 is 18.6 Å². The summed E-state index contributed by atoms with van der Waals surface area (Å²) in [5.74, 6) is 0.771. The molecule has 25 heavy (non-hydrogen) atoms. The Bertz CT molecular complexity index is 304. The fraction of sp³-hybridized carbons (Fsp3) is 0.708. The van der Waals surface area contributed by atoms with Crippen LogP contribution in [0.3, 0.4) is 0 Å². The van der Waals surface area contributed by atoms with E-state index in [9.17, 15) is 0 Å². The number of fused-ring (bicyclic) bond motifs is 1. The molecule has 0 aromatic heterocycles. The van der Waals surface area contributed by atoms with Gasteiger partial charge in [0.1, 0.15) is 0 Å². The first-order chi connectivity index (χ1) is 11.9. The Morgan fingerprint density at radius 3 is 1.76 bits per heavy atom. The van der Waals surface area contributed by atoms with Crippen LogP contribution in [0.2, 0.25) is 0 Å². The Morgan fingerprint density at radius 1 is 0.880 bits per heavy atom. The predicted octanol–water partition coefficient (Wildman–Crippen LogP) is 8.79. The molecule has 1 heteroatoms. The maximum absolute atomic E-state index is 3.28. The van der Waals surface area contributed by atoms with Crippen LogP contribution in [0.25, 0.3) is 0 Å². The van der Waals surface area contributed by atoms with Crippen molar-refractivity contribution in [3.63, 3.8) is 0 Å². The largest absolute Gasteiger partial charge is 2.00 e. The van der Waals surface area contributed by atoms with E-state index in [-0.39, 0.29) is 18.6 Å². The summed E-state index contributed by atoms with van der Waals surface area (Å²) in [6.45, 7) is 18.3. The van der Waals surface area contributed by atoms with Crippen LogP contribution in [-0.2, 0) is 25.0 Å². The molecule has 1 aromatic rings. The average Bonchev–Trinajstić information content (AvgIpc) is 3.11. The third kappa shape index (κ3) is 17.0. The summed E-state index contributed by atoms with van der Waals surface area (Å²) in [4.78, 5) is 0. The molecule has 0 amide bonds. The number of aryl methyl sites for hydroxylation is 1. The first kappa shape index (κ1) is 32.5. The van der Waals surface area contributed by atoms with Gasteiger partial charge in [-0.3, -0.25) is 0 Å². The van der Waals surface area contributed by atoms with E-state index in [1.165, 1.54) is 56.1 Å². The number of rotatable bonds is 0. The second-order valence-corrected chi connectivity index (χ2v) is 4.97. The molecule has 0 aliphatic heterocycles. The summed E-state index contributed by atoms with van der Waals surface area (Å²) in [7, 11) is 0. The summed E-state index contributed by atoms with van der Waals surface area (Å²) >= 11 is 0. The van der Waals surface area contributed by atoms with E-state index in [0.29, 0.717) is 0 Å². The van der Waals surface area contributed by atoms with Crippen LogP contribution in [0.5, 0.6) is 0 Å². The van der Waals surface area contributed by atoms with Crippen LogP contribution >= 0.6 is 0 Å². The van der Waals surface area contributed by atoms with Crippen LogP contribution in [0.4, 0.5) is 0 Å². The Kier molecular flexibility index (Phi) is 37.2. The zero-order valence-corrected chi connectivity index (χ0v) is 20.2. The van der Waals surface area contributed by atoms with Crippen molar-refractivity contribution < 1.29 is 18.6 Å². The molecule has 147 valence electrons. The molecule has 2 aliphatic rings. The first-order valence-electron chi connectivity index (χ1n) is 10.7. The van der Waals surface area contributed by atoms with Gasteiger partial charge in [0.2, 0.25) is 0 Å². The quantitative estimate of drug-likeness (QED) is 0.391. The molecule has 0 bridgehead atoms. The topological polar surface area (TPSA) is 0 Å². The summed E-state index contributed by atoms with van der Waals surface area (Å²) in [5.41, 5.74) is 2.96. The third-order valence-electron chi connectivity index (χ3n) is 3.65. The van der Waals surface area contributed by atoms with Gasteiger partial charge in [0, 0.05) is 0 Å². The monoisotopic (exact) mass is 385 g/mol. The molecule has 0 nitrogen and oxygen atoms in total. The molecule has 0 saturated heterocycles. The second kappa shape index (κ2) is 28.6. The van der Waals surface area contributed by atoms with Crippen LogP contribution in [0.15, 0.2) is 18.2 Å². The van der Waals surface area contributed by atoms with Gasteiger partial charge in [0.25, 0.3) is 0 Å². The van der Waals surface area contributed by atoms with E-state index in [1.54, 1.807) is 0 Å². The van der Waals surface area contributed by atoms with Gasteiger partial charge in [-0.15, -0.1) is 5.56 Å². The van der Waals surface area contributed by atoms with Gasteiger partial charge in [0.15, 0.2) is 0 Å². The van der Waals surface area contributed by atoms with Gasteiger partial charge in [-0.05, 0) is 0 Å². The zero-order chi connectivity index (χ0) is 19.2. The molecule has 1 fully saturated rings. The fourth-order valence-corrected chi connectivity index (χ4v) is 2.58. The summed E-state index contributed by atoms with van der Waals surface area (Å²) < 4.78 is 0. The van der Waals surface area contributed by atoms with Crippen molar-refractivity contribution in [2.45, 2.75) is 113 Å². The van der Waals surface area contributed by atoms with Gasteiger partial charge in [-0.1, -0.05) is 100 Å². The molecular formula is C24H46V. The van der Waals surface area contributed by atoms with E-state index in [1.807, 2.05) is 61.5 Å². The van der Waals surface area contributed by atoms with E-state index in [4.69, 9.17) is 0 Å². The van der Waals surface area contributed by atoms with Crippen molar-refractivity contribution in [1.29, 1.82) is 0 Å². The van der Waals surface area contributed by atoms with E-state index >= 15 is 0 Å². The Hall–Kier alpha value is -0.196. The molecule has 1 saturated carbocycles. The Morgan fingerprint density at radius 2 is 1.40 bits per heavy atom. The maximum atomic E-state index is 3.28. The van der Waals surface area contributed by atoms with Crippen molar-refractivity contribution in [2.75, 3.05) is 0 Å². The standard InChI is InChI=1S/C10H11.C6H11.4C2H6.V/c1-8-6-7-9-4-2-3-5-10(8)9;1-2-4-6-5-3-1;4*1-2;/h2-3,5,8H,6-7H2,1H3;1H,2-6H2;4*1-2H3;/q2*-1;;;;;+2. The molecular weight excluding hydrogens is 339 g/mol.